The number of unbranched alkanes of at least 4 members (excludes halogenated alkanes) is 2. The third-order valence-electron chi connectivity index (χ3n) is 2.04. The van der Waals surface area contributed by atoms with Crippen molar-refractivity contribution in [2.24, 2.45) is 0 Å². The molecule has 0 amide bonds. The van der Waals surface area contributed by atoms with E-state index in [1.54, 1.807) is 0 Å². The van der Waals surface area contributed by atoms with Gasteiger partial charge in [0.2, 0.25) is 0 Å². The van der Waals surface area contributed by atoms with Crippen molar-refractivity contribution in [1.82, 2.24) is 5.32 Å². The van der Waals surface area contributed by atoms with Crippen molar-refractivity contribution in [2.45, 2.75) is 45.1 Å². The Labute approximate surface area is 81.7 Å². The van der Waals surface area contributed by atoms with Crippen molar-refractivity contribution in [3.8, 4) is 12.3 Å². The van der Waals surface area contributed by atoms with Crippen LogP contribution < -0.4 is 5.32 Å². The molecule has 1 atom stereocenters. The smallest absolute Gasteiger partial charge is 0.0431 e. The minimum absolute atomic E-state index is 0.295. The van der Waals surface area contributed by atoms with E-state index < -0.39 is 0 Å². The maximum Gasteiger partial charge on any atom is 0.0431 e. The van der Waals surface area contributed by atoms with Crippen molar-refractivity contribution in [3.63, 3.8) is 0 Å². The zero-order valence-corrected chi connectivity index (χ0v) is 8.55. The van der Waals surface area contributed by atoms with Gasteiger partial charge in [0.05, 0.1) is 0 Å². The van der Waals surface area contributed by atoms with Gasteiger partial charge in [-0.05, 0) is 39.2 Å². The van der Waals surface area contributed by atoms with E-state index in [1.165, 1.54) is 0 Å². The summed E-state index contributed by atoms with van der Waals surface area (Å²) >= 11 is 0. The van der Waals surface area contributed by atoms with Crippen LogP contribution in [0.15, 0.2) is 0 Å². The van der Waals surface area contributed by atoms with E-state index >= 15 is 0 Å². The summed E-state index contributed by atoms with van der Waals surface area (Å²) in [4.78, 5) is 0. The van der Waals surface area contributed by atoms with Gasteiger partial charge in [-0.15, -0.1) is 12.3 Å². The van der Waals surface area contributed by atoms with Crippen LogP contribution in [0.5, 0.6) is 0 Å². The molecular formula is C11H21NO. The molecule has 0 aliphatic carbocycles. The molecule has 76 valence electrons. The van der Waals surface area contributed by atoms with Crippen LogP contribution in [0.1, 0.15) is 39.0 Å². The third-order valence-corrected chi connectivity index (χ3v) is 2.04. The zero-order valence-electron chi connectivity index (χ0n) is 8.55. The van der Waals surface area contributed by atoms with Crippen molar-refractivity contribution < 1.29 is 5.11 Å². The Kier molecular flexibility index (Phi) is 9.18. The van der Waals surface area contributed by atoms with Crippen LogP contribution in [0.2, 0.25) is 0 Å². The highest BCUT2D eigenvalue weighted by Crippen LogP contribution is 1.97. The fourth-order valence-corrected chi connectivity index (χ4v) is 1.20. The first-order chi connectivity index (χ1) is 6.31. The van der Waals surface area contributed by atoms with Crippen LogP contribution in [0, 0.1) is 12.3 Å². The topological polar surface area (TPSA) is 32.3 Å². The molecule has 0 spiro atoms. The number of hydrogen-bond donors (Lipinski definition) is 2. The Hall–Kier alpha value is -0.520. The lowest BCUT2D eigenvalue weighted by atomic mass is 10.2. The molecule has 0 aromatic carbocycles. The van der Waals surface area contributed by atoms with Crippen LogP contribution in [-0.4, -0.2) is 24.3 Å². The van der Waals surface area contributed by atoms with Crippen LogP contribution >= 0.6 is 0 Å². The summed E-state index contributed by atoms with van der Waals surface area (Å²) in [7, 11) is 0. The average Bonchev–Trinajstić information content (AvgIpc) is 2.14. The van der Waals surface area contributed by atoms with Crippen LogP contribution in [0.25, 0.3) is 0 Å². The first kappa shape index (κ1) is 12.5. The fraction of sp³-hybridized carbons (Fsp3) is 0.818. The maximum atomic E-state index is 8.61. The van der Waals surface area contributed by atoms with Crippen molar-refractivity contribution in [2.75, 3.05) is 13.2 Å². The number of hydrogen-bond acceptors (Lipinski definition) is 2. The van der Waals surface area contributed by atoms with Crippen molar-refractivity contribution in [1.29, 1.82) is 0 Å². The summed E-state index contributed by atoms with van der Waals surface area (Å²) in [6.45, 7) is 3.48. The van der Waals surface area contributed by atoms with Gasteiger partial charge >= 0.3 is 0 Å². The van der Waals surface area contributed by atoms with Gasteiger partial charge in [-0.3, -0.25) is 0 Å². The van der Waals surface area contributed by atoms with Gasteiger partial charge in [0.15, 0.2) is 0 Å². The molecule has 0 saturated carbocycles. The lowest BCUT2D eigenvalue weighted by Gasteiger charge is -2.12. The van der Waals surface area contributed by atoms with E-state index in [0.29, 0.717) is 12.6 Å². The monoisotopic (exact) mass is 183 g/mol. The summed E-state index contributed by atoms with van der Waals surface area (Å²) < 4.78 is 0. The highest BCUT2D eigenvalue weighted by Gasteiger charge is 1.98. The molecule has 0 saturated heterocycles. The minimum atomic E-state index is 0.295. The predicted octanol–water partition coefficient (Wildman–Crippen LogP) is 1.54. The molecule has 0 aliphatic rings. The van der Waals surface area contributed by atoms with Gasteiger partial charge in [0.25, 0.3) is 0 Å². The quantitative estimate of drug-likeness (QED) is 0.442. The molecule has 2 heteroatoms. The zero-order chi connectivity index (χ0) is 9.94. The molecule has 0 aromatic heterocycles. The Morgan fingerprint density at radius 1 is 1.38 bits per heavy atom. The Bertz CT molecular complexity index is 140. The highest BCUT2D eigenvalue weighted by atomic mass is 16.2. The van der Waals surface area contributed by atoms with Gasteiger partial charge in [-0.25, -0.2) is 0 Å². The maximum absolute atomic E-state index is 8.61. The molecule has 2 N–H and O–H groups in total. The lowest BCUT2D eigenvalue weighted by Crippen LogP contribution is -2.27. The largest absolute Gasteiger partial charge is 0.396 e. The molecule has 0 aliphatic heterocycles. The number of aliphatic hydroxyl groups excluding tert-OH is 1. The van der Waals surface area contributed by atoms with Gasteiger partial charge < -0.3 is 10.4 Å². The predicted molar refractivity (Wildman–Crippen MR) is 56.5 cm³/mol. The second-order valence-electron chi connectivity index (χ2n) is 3.38. The highest BCUT2D eigenvalue weighted by molar-refractivity contribution is 4.82. The van der Waals surface area contributed by atoms with E-state index in [0.717, 1.165) is 38.6 Å². The number of nitrogens with one attached hydrogen (secondary N) is 1. The van der Waals surface area contributed by atoms with Crippen LogP contribution in [0.3, 0.4) is 0 Å². The van der Waals surface area contributed by atoms with Crippen LogP contribution in [-0.2, 0) is 0 Å². The first-order valence-corrected chi connectivity index (χ1v) is 5.09. The van der Waals surface area contributed by atoms with Gasteiger partial charge in [-0.1, -0.05) is 0 Å². The van der Waals surface area contributed by atoms with E-state index in [1.807, 2.05) is 0 Å². The SMILES string of the molecule is C#CCCCCNC(C)CCCO. The summed E-state index contributed by atoms with van der Waals surface area (Å²) in [6, 6.07) is 0.512. The Balaban J connectivity index is 3.08. The fourth-order valence-electron chi connectivity index (χ4n) is 1.20. The van der Waals surface area contributed by atoms with E-state index in [-0.39, 0.29) is 0 Å². The molecule has 0 aromatic rings. The third kappa shape index (κ3) is 9.39. The normalized spacial score (nSPS) is 12.4. The number of aliphatic hydroxyl groups is 1. The van der Waals surface area contributed by atoms with Gasteiger partial charge in [-0.2, -0.15) is 0 Å². The molecule has 0 radical (unpaired) electrons. The minimum Gasteiger partial charge on any atom is -0.396 e. The van der Waals surface area contributed by atoms with Gasteiger partial charge in [0, 0.05) is 19.1 Å². The van der Waals surface area contributed by atoms with Crippen LogP contribution in [0.4, 0.5) is 0 Å². The Morgan fingerprint density at radius 3 is 2.77 bits per heavy atom. The van der Waals surface area contributed by atoms with Crippen molar-refractivity contribution in [3.05, 3.63) is 0 Å². The molecule has 1 unspecified atom stereocenters. The lowest BCUT2D eigenvalue weighted by molar-refractivity contribution is 0.276. The summed E-state index contributed by atoms with van der Waals surface area (Å²) in [6.07, 6.45) is 10.2. The van der Waals surface area contributed by atoms with Gasteiger partial charge in [0.1, 0.15) is 0 Å². The number of terminal acetylenes is 1. The first-order valence-electron chi connectivity index (χ1n) is 5.09. The molecule has 0 bridgehead atoms. The van der Waals surface area contributed by atoms with E-state index in [4.69, 9.17) is 11.5 Å². The summed E-state index contributed by atoms with van der Waals surface area (Å²) in [5.74, 6) is 2.63. The van der Waals surface area contributed by atoms with Crippen molar-refractivity contribution >= 4 is 0 Å². The number of rotatable bonds is 8. The van der Waals surface area contributed by atoms with E-state index in [9.17, 15) is 0 Å². The Morgan fingerprint density at radius 2 is 2.15 bits per heavy atom. The molecule has 0 heterocycles. The van der Waals surface area contributed by atoms with E-state index in [2.05, 4.69) is 18.2 Å². The molecule has 0 rings (SSSR count). The molecule has 13 heavy (non-hydrogen) atoms. The summed E-state index contributed by atoms with van der Waals surface area (Å²) in [5.41, 5.74) is 0. The second-order valence-corrected chi connectivity index (χ2v) is 3.38. The molecule has 2 nitrogen and oxygen atoms in total. The second kappa shape index (κ2) is 9.57. The average molecular weight is 183 g/mol. The summed E-state index contributed by atoms with van der Waals surface area (Å²) in [5, 5.41) is 12.0. The molecule has 0 fully saturated rings. The molecular weight excluding hydrogens is 162 g/mol. The standard InChI is InChI=1S/C11H21NO/c1-3-4-5-6-9-12-11(2)8-7-10-13/h1,11-13H,4-10H2,2H3.